The minimum atomic E-state index is -0.642. The van der Waals surface area contributed by atoms with Gasteiger partial charge < -0.3 is 5.11 Å². The third kappa shape index (κ3) is 3.96. The molecule has 2 heterocycles. The van der Waals surface area contributed by atoms with Gasteiger partial charge in [0.2, 0.25) is 0 Å². The summed E-state index contributed by atoms with van der Waals surface area (Å²) in [6.45, 7) is 19.0. The number of carboxylic acid groups (broad SMARTS) is 1. The van der Waals surface area contributed by atoms with Gasteiger partial charge in [0.05, 0.1) is 5.92 Å². The first-order chi connectivity index (χ1) is 13.2. The summed E-state index contributed by atoms with van der Waals surface area (Å²) < 4.78 is 2.55. The van der Waals surface area contributed by atoms with Gasteiger partial charge in [-0.25, -0.2) is 0 Å². The summed E-state index contributed by atoms with van der Waals surface area (Å²) >= 11 is 0. The van der Waals surface area contributed by atoms with Crippen molar-refractivity contribution in [2.75, 3.05) is 0 Å². The van der Waals surface area contributed by atoms with Gasteiger partial charge in [0, 0.05) is 12.1 Å². The van der Waals surface area contributed by atoms with Crippen LogP contribution in [-0.2, 0) is 4.79 Å². The molecule has 2 aliphatic carbocycles. The standard InChI is InChI=1S/C25H44NO2P/c1-9-17-10-15(2)20-21(24(6,7)14-19(17)22(27)28)23(4,5)11-16(3)26(29)18-12-25(20,8)13-18/h9,15-16,18-21H,10-14,29H2,1-8H3,(H,27,28)/b17-9+. The van der Waals surface area contributed by atoms with Crippen LogP contribution < -0.4 is 0 Å². The van der Waals surface area contributed by atoms with Gasteiger partial charge in [-0.1, -0.05) is 62.6 Å². The molecule has 2 saturated carbocycles. The quantitative estimate of drug-likeness (QED) is 0.393. The second-order valence-corrected chi connectivity index (χ2v) is 12.9. The highest BCUT2D eigenvalue weighted by Gasteiger charge is 2.60. The van der Waals surface area contributed by atoms with E-state index in [1.54, 1.807) is 0 Å². The van der Waals surface area contributed by atoms with Crippen molar-refractivity contribution in [3.05, 3.63) is 11.6 Å². The van der Waals surface area contributed by atoms with Crippen molar-refractivity contribution in [3.63, 3.8) is 0 Å². The van der Waals surface area contributed by atoms with Crippen molar-refractivity contribution in [2.45, 2.75) is 99.6 Å². The van der Waals surface area contributed by atoms with E-state index in [9.17, 15) is 9.90 Å². The lowest BCUT2D eigenvalue weighted by atomic mass is 9.44. The van der Waals surface area contributed by atoms with E-state index in [4.69, 9.17) is 0 Å². The van der Waals surface area contributed by atoms with Crippen molar-refractivity contribution in [3.8, 4) is 0 Å². The maximum absolute atomic E-state index is 12.3. The highest BCUT2D eigenvalue weighted by molar-refractivity contribution is 7.13. The Hall–Kier alpha value is -0.400. The van der Waals surface area contributed by atoms with Crippen LogP contribution in [0.3, 0.4) is 0 Å². The lowest BCUT2D eigenvalue weighted by Gasteiger charge is -2.61. The van der Waals surface area contributed by atoms with Crippen LogP contribution in [-0.4, -0.2) is 27.8 Å². The zero-order valence-corrected chi connectivity index (χ0v) is 21.1. The Bertz CT molecular complexity index is 676. The second-order valence-electron chi connectivity index (χ2n) is 12.3. The SMILES string of the molecule is C/C=C1\CC(C)C2C(C(C)(C)CC1C(=O)O)C(C)(C)CC(C)N(P)C1CC2(C)C1. The molecule has 1 N–H and O–H groups in total. The summed E-state index contributed by atoms with van der Waals surface area (Å²) in [5, 5.41) is 10.1. The molecule has 4 rings (SSSR count). The molecule has 2 aliphatic heterocycles. The number of fused-ring (bicyclic) bond motifs is 3. The fraction of sp³-hybridized carbons (Fsp3) is 0.880. The predicted molar refractivity (Wildman–Crippen MR) is 125 cm³/mol. The van der Waals surface area contributed by atoms with Crippen LogP contribution in [0.25, 0.3) is 0 Å². The molecular formula is C25H44NO2P. The number of carboxylic acids is 1. The number of allylic oxidation sites excluding steroid dienone is 1. The van der Waals surface area contributed by atoms with Crippen LogP contribution >= 0.6 is 9.39 Å². The van der Waals surface area contributed by atoms with Crippen LogP contribution in [0, 0.1) is 39.9 Å². The molecule has 4 aliphatic rings. The van der Waals surface area contributed by atoms with Gasteiger partial charge in [-0.15, -0.1) is 0 Å². The molecule has 2 saturated heterocycles. The second kappa shape index (κ2) is 7.63. The summed E-state index contributed by atoms with van der Waals surface area (Å²) in [5.74, 6) is 0.646. The first kappa shape index (κ1) is 23.3. The molecule has 6 unspecified atom stereocenters. The highest BCUT2D eigenvalue weighted by Crippen LogP contribution is 2.65. The fourth-order valence-corrected chi connectivity index (χ4v) is 8.61. The summed E-state index contributed by atoms with van der Waals surface area (Å²) in [6.07, 6.45) is 7.48. The Morgan fingerprint density at radius 1 is 1.07 bits per heavy atom. The number of carbonyl (C=O) groups is 1. The number of rotatable bonds is 1. The van der Waals surface area contributed by atoms with Gasteiger partial charge in [-0.3, -0.25) is 9.46 Å². The lowest BCUT2D eigenvalue weighted by molar-refractivity contribution is -0.146. The van der Waals surface area contributed by atoms with Crippen LogP contribution in [0.15, 0.2) is 11.6 Å². The minimum Gasteiger partial charge on any atom is -0.481 e. The van der Waals surface area contributed by atoms with Crippen molar-refractivity contribution in [1.82, 2.24) is 4.67 Å². The number of nitrogens with zero attached hydrogens (tertiary/aromatic N) is 1. The van der Waals surface area contributed by atoms with Crippen LogP contribution in [0.4, 0.5) is 0 Å². The van der Waals surface area contributed by atoms with E-state index in [-0.39, 0.29) is 16.7 Å². The van der Waals surface area contributed by atoms with E-state index in [0.29, 0.717) is 35.3 Å². The van der Waals surface area contributed by atoms with Gasteiger partial charge in [0.15, 0.2) is 0 Å². The Kier molecular flexibility index (Phi) is 6.12. The van der Waals surface area contributed by atoms with Crippen molar-refractivity contribution < 1.29 is 9.90 Å². The Labute approximate surface area is 181 Å². The van der Waals surface area contributed by atoms with Crippen LogP contribution in [0.5, 0.6) is 0 Å². The van der Waals surface area contributed by atoms with Gasteiger partial charge >= 0.3 is 5.97 Å². The summed E-state index contributed by atoms with van der Waals surface area (Å²) in [5.41, 5.74) is 1.63. The third-order valence-electron chi connectivity index (χ3n) is 9.02. The molecule has 0 spiro atoms. The van der Waals surface area contributed by atoms with Crippen molar-refractivity contribution in [2.24, 2.45) is 39.9 Å². The molecule has 0 aromatic rings. The average molecular weight is 422 g/mol. The van der Waals surface area contributed by atoms with Crippen LogP contribution in [0.2, 0.25) is 0 Å². The summed E-state index contributed by atoms with van der Waals surface area (Å²) in [4.78, 5) is 12.3. The fourth-order valence-electron chi connectivity index (χ4n) is 8.29. The van der Waals surface area contributed by atoms with E-state index in [2.05, 4.69) is 68.6 Å². The first-order valence-corrected chi connectivity index (χ1v) is 12.2. The van der Waals surface area contributed by atoms with Crippen molar-refractivity contribution in [1.29, 1.82) is 0 Å². The number of hydrogen-bond acceptors (Lipinski definition) is 2. The van der Waals surface area contributed by atoms with Crippen LogP contribution in [0.1, 0.15) is 87.5 Å². The normalized spacial score (nSPS) is 46.3. The van der Waals surface area contributed by atoms with Gasteiger partial charge in [0.1, 0.15) is 0 Å². The molecule has 3 nitrogen and oxygen atoms in total. The molecule has 0 aromatic carbocycles. The van der Waals surface area contributed by atoms with Crippen molar-refractivity contribution >= 4 is 15.4 Å². The van der Waals surface area contributed by atoms with E-state index >= 15 is 0 Å². The van der Waals surface area contributed by atoms with Gasteiger partial charge in [0.25, 0.3) is 0 Å². The number of hydrogen-bond donors (Lipinski definition) is 1. The summed E-state index contributed by atoms with van der Waals surface area (Å²) in [7, 11) is 3.03. The Morgan fingerprint density at radius 3 is 2.14 bits per heavy atom. The Balaban J connectivity index is 2.16. The monoisotopic (exact) mass is 421 g/mol. The molecule has 29 heavy (non-hydrogen) atoms. The first-order valence-electron chi connectivity index (χ1n) is 11.6. The molecule has 0 radical (unpaired) electrons. The lowest BCUT2D eigenvalue weighted by Crippen LogP contribution is -2.56. The average Bonchev–Trinajstić information content (AvgIpc) is 2.59. The third-order valence-corrected chi connectivity index (χ3v) is 9.95. The van der Waals surface area contributed by atoms with E-state index in [1.807, 2.05) is 6.92 Å². The molecule has 4 fully saturated rings. The molecule has 166 valence electrons. The molecule has 4 heteroatoms. The van der Waals surface area contributed by atoms with Gasteiger partial charge in [-0.05, 0) is 80.0 Å². The highest BCUT2D eigenvalue weighted by atomic mass is 31.0. The maximum Gasteiger partial charge on any atom is 0.310 e. The molecular weight excluding hydrogens is 377 g/mol. The molecule has 0 amide bonds. The predicted octanol–water partition coefficient (Wildman–Crippen LogP) is 6.40. The number of aliphatic carboxylic acids is 1. The molecule has 2 bridgehead atoms. The van der Waals surface area contributed by atoms with E-state index < -0.39 is 5.97 Å². The van der Waals surface area contributed by atoms with E-state index in [1.165, 1.54) is 12.8 Å². The van der Waals surface area contributed by atoms with E-state index in [0.717, 1.165) is 24.8 Å². The van der Waals surface area contributed by atoms with Gasteiger partial charge in [-0.2, -0.15) is 0 Å². The Morgan fingerprint density at radius 2 is 1.62 bits per heavy atom. The zero-order chi connectivity index (χ0) is 21.9. The smallest absolute Gasteiger partial charge is 0.310 e. The molecule has 0 aromatic heterocycles. The largest absolute Gasteiger partial charge is 0.481 e. The maximum atomic E-state index is 12.3. The topological polar surface area (TPSA) is 40.5 Å². The summed E-state index contributed by atoms with van der Waals surface area (Å²) in [6, 6.07) is 1.20. The molecule has 6 atom stereocenters. The zero-order valence-electron chi connectivity index (χ0n) is 20.0. The minimum absolute atomic E-state index is 0.0238.